The van der Waals surface area contributed by atoms with Gasteiger partial charge in [0, 0.05) is 19.6 Å². The van der Waals surface area contributed by atoms with Crippen molar-refractivity contribution in [2.75, 3.05) is 19.7 Å². The zero-order chi connectivity index (χ0) is 13.9. The lowest BCUT2D eigenvalue weighted by molar-refractivity contribution is -0.101. The largest absolute Gasteiger partial charge is 0.478 e. The molecule has 104 valence electrons. The van der Waals surface area contributed by atoms with E-state index in [9.17, 15) is 4.79 Å². The first-order valence-corrected chi connectivity index (χ1v) is 6.71. The number of carboxylic acid groups (broad SMARTS) is 1. The zero-order valence-electron chi connectivity index (χ0n) is 11.6. The lowest BCUT2D eigenvalue weighted by atomic mass is 10.0. The van der Waals surface area contributed by atoms with Crippen LogP contribution in [-0.2, 0) is 11.3 Å². The van der Waals surface area contributed by atoms with E-state index in [1.54, 1.807) is 12.1 Å². The second-order valence-corrected chi connectivity index (χ2v) is 5.36. The van der Waals surface area contributed by atoms with Crippen LogP contribution in [0.25, 0.3) is 0 Å². The molecule has 0 spiro atoms. The summed E-state index contributed by atoms with van der Waals surface area (Å²) >= 11 is 0. The van der Waals surface area contributed by atoms with Crippen molar-refractivity contribution in [1.29, 1.82) is 0 Å². The molecule has 0 saturated carbocycles. The first-order chi connectivity index (χ1) is 9.02. The van der Waals surface area contributed by atoms with E-state index in [0.29, 0.717) is 5.56 Å². The van der Waals surface area contributed by atoms with Crippen LogP contribution in [0.15, 0.2) is 24.3 Å². The number of benzene rings is 1. The Hall–Kier alpha value is -1.39. The Bertz CT molecular complexity index is 443. The molecule has 1 unspecified atom stereocenters. The number of hydrogen-bond acceptors (Lipinski definition) is 3. The third-order valence-electron chi connectivity index (χ3n) is 3.77. The fraction of sp³-hybridized carbons (Fsp3) is 0.533. The maximum absolute atomic E-state index is 10.8. The average molecular weight is 263 g/mol. The Labute approximate surface area is 114 Å². The van der Waals surface area contributed by atoms with Gasteiger partial charge < -0.3 is 9.84 Å². The molecule has 1 fully saturated rings. The van der Waals surface area contributed by atoms with Crippen LogP contribution in [0.3, 0.4) is 0 Å². The molecule has 4 nitrogen and oxygen atoms in total. The summed E-state index contributed by atoms with van der Waals surface area (Å²) in [6.07, 6.45) is 1.00. The van der Waals surface area contributed by atoms with Crippen molar-refractivity contribution in [3.8, 4) is 0 Å². The summed E-state index contributed by atoms with van der Waals surface area (Å²) in [6.45, 7) is 7.74. The fourth-order valence-electron chi connectivity index (χ4n) is 2.38. The van der Waals surface area contributed by atoms with Crippen LogP contribution in [0.5, 0.6) is 0 Å². The summed E-state index contributed by atoms with van der Waals surface area (Å²) < 4.78 is 5.81. The van der Waals surface area contributed by atoms with E-state index in [2.05, 4.69) is 18.7 Å². The Balaban J connectivity index is 1.99. The lowest BCUT2D eigenvalue weighted by Crippen LogP contribution is -2.49. The zero-order valence-corrected chi connectivity index (χ0v) is 11.6. The van der Waals surface area contributed by atoms with Crippen LogP contribution >= 0.6 is 0 Å². The van der Waals surface area contributed by atoms with Crippen LogP contribution in [0.4, 0.5) is 0 Å². The number of rotatable bonds is 4. The Kier molecular flexibility index (Phi) is 4.22. The van der Waals surface area contributed by atoms with Gasteiger partial charge in [0.15, 0.2) is 0 Å². The Morgan fingerprint density at radius 1 is 1.42 bits per heavy atom. The quantitative estimate of drug-likeness (QED) is 0.906. The number of aromatic carboxylic acids is 1. The molecule has 0 aromatic heterocycles. The second kappa shape index (κ2) is 5.72. The monoisotopic (exact) mass is 263 g/mol. The maximum atomic E-state index is 10.8. The minimum atomic E-state index is -0.878. The molecule has 1 atom stereocenters. The highest BCUT2D eigenvalue weighted by Crippen LogP contribution is 2.22. The number of ether oxygens (including phenoxy) is 1. The minimum absolute atomic E-state index is 0.0563. The van der Waals surface area contributed by atoms with Crippen molar-refractivity contribution in [2.45, 2.75) is 32.4 Å². The normalized spacial score (nSPS) is 24.3. The van der Waals surface area contributed by atoms with Gasteiger partial charge in [0.05, 0.1) is 17.8 Å². The number of hydrogen-bond donors (Lipinski definition) is 1. The van der Waals surface area contributed by atoms with Crippen LogP contribution in [-0.4, -0.2) is 41.3 Å². The van der Waals surface area contributed by atoms with Crippen molar-refractivity contribution in [3.63, 3.8) is 0 Å². The highest BCUT2D eigenvalue weighted by molar-refractivity contribution is 5.87. The second-order valence-electron chi connectivity index (χ2n) is 5.36. The van der Waals surface area contributed by atoms with Gasteiger partial charge in [-0.05, 0) is 31.0 Å². The van der Waals surface area contributed by atoms with Gasteiger partial charge in [0.1, 0.15) is 0 Å². The van der Waals surface area contributed by atoms with Gasteiger partial charge in [-0.25, -0.2) is 4.79 Å². The van der Waals surface area contributed by atoms with Crippen LogP contribution < -0.4 is 0 Å². The summed E-state index contributed by atoms with van der Waals surface area (Å²) in [6, 6.07) is 7.11. The third-order valence-corrected chi connectivity index (χ3v) is 3.77. The van der Waals surface area contributed by atoms with Gasteiger partial charge in [-0.3, -0.25) is 4.90 Å². The number of carbonyl (C=O) groups is 1. The molecule has 1 aliphatic rings. The average Bonchev–Trinajstić information content (AvgIpc) is 2.39. The van der Waals surface area contributed by atoms with E-state index < -0.39 is 5.97 Å². The van der Waals surface area contributed by atoms with E-state index in [1.807, 2.05) is 12.1 Å². The van der Waals surface area contributed by atoms with Crippen molar-refractivity contribution >= 4 is 5.97 Å². The first kappa shape index (κ1) is 14.0. The highest BCUT2D eigenvalue weighted by Gasteiger charge is 2.29. The van der Waals surface area contributed by atoms with Crippen LogP contribution in [0.1, 0.15) is 36.2 Å². The molecule has 0 amide bonds. The first-order valence-electron chi connectivity index (χ1n) is 6.71. The predicted octanol–water partition coefficient (Wildman–Crippen LogP) is 2.39. The van der Waals surface area contributed by atoms with Gasteiger partial charge in [-0.15, -0.1) is 0 Å². The van der Waals surface area contributed by atoms with Crippen LogP contribution in [0.2, 0.25) is 0 Å². The summed E-state index contributed by atoms with van der Waals surface area (Å²) in [4.78, 5) is 13.2. The van der Waals surface area contributed by atoms with E-state index in [0.717, 1.165) is 38.2 Å². The van der Waals surface area contributed by atoms with E-state index in [-0.39, 0.29) is 5.60 Å². The standard InChI is InChI=1S/C15H21NO3/c1-3-15(2)11-16(8-9-19-15)10-12-4-6-13(7-5-12)14(17)18/h4-7H,3,8-11H2,1-2H3,(H,17,18). The summed E-state index contributed by atoms with van der Waals surface area (Å²) in [5.74, 6) is -0.878. The van der Waals surface area contributed by atoms with Gasteiger partial charge in [-0.2, -0.15) is 0 Å². The van der Waals surface area contributed by atoms with Gasteiger partial charge in [0.25, 0.3) is 0 Å². The fourth-order valence-corrected chi connectivity index (χ4v) is 2.38. The van der Waals surface area contributed by atoms with Gasteiger partial charge in [-0.1, -0.05) is 19.1 Å². The van der Waals surface area contributed by atoms with Crippen molar-refractivity contribution in [1.82, 2.24) is 4.90 Å². The summed E-state index contributed by atoms with van der Waals surface area (Å²) in [5, 5.41) is 8.87. The van der Waals surface area contributed by atoms with Crippen LogP contribution in [0, 0.1) is 0 Å². The van der Waals surface area contributed by atoms with Crippen molar-refractivity contribution in [2.24, 2.45) is 0 Å². The number of nitrogens with zero attached hydrogens (tertiary/aromatic N) is 1. The molecule has 19 heavy (non-hydrogen) atoms. The number of morpholine rings is 1. The molecule has 1 N–H and O–H groups in total. The molecule has 1 aromatic carbocycles. The van der Waals surface area contributed by atoms with E-state index in [1.165, 1.54) is 0 Å². The topological polar surface area (TPSA) is 49.8 Å². The summed E-state index contributed by atoms with van der Waals surface area (Å²) in [7, 11) is 0. The number of carboxylic acids is 1. The Morgan fingerprint density at radius 2 is 2.11 bits per heavy atom. The third kappa shape index (κ3) is 3.55. The highest BCUT2D eigenvalue weighted by atomic mass is 16.5. The summed E-state index contributed by atoms with van der Waals surface area (Å²) in [5.41, 5.74) is 1.42. The van der Waals surface area contributed by atoms with Crippen molar-refractivity contribution in [3.05, 3.63) is 35.4 Å². The van der Waals surface area contributed by atoms with Crippen molar-refractivity contribution < 1.29 is 14.6 Å². The van der Waals surface area contributed by atoms with E-state index >= 15 is 0 Å². The maximum Gasteiger partial charge on any atom is 0.335 e. The van der Waals surface area contributed by atoms with E-state index in [4.69, 9.17) is 9.84 Å². The molecule has 1 heterocycles. The van der Waals surface area contributed by atoms with Gasteiger partial charge in [0.2, 0.25) is 0 Å². The molecular weight excluding hydrogens is 242 g/mol. The molecule has 4 heteroatoms. The lowest BCUT2D eigenvalue weighted by Gasteiger charge is -2.40. The SMILES string of the molecule is CCC1(C)CN(Cc2ccc(C(=O)O)cc2)CCO1. The van der Waals surface area contributed by atoms with Gasteiger partial charge >= 0.3 is 5.97 Å². The molecule has 1 saturated heterocycles. The molecule has 0 radical (unpaired) electrons. The molecule has 0 aliphatic carbocycles. The molecule has 1 aromatic rings. The molecule has 2 rings (SSSR count). The molecule has 1 aliphatic heterocycles. The smallest absolute Gasteiger partial charge is 0.335 e. The minimum Gasteiger partial charge on any atom is -0.478 e. The molecular formula is C15H21NO3. The Morgan fingerprint density at radius 3 is 2.68 bits per heavy atom. The molecule has 0 bridgehead atoms. The predicted molar refractivity (Wildman–Crippen MR) is 73.3 cm³/mol.